The van der Waals surface area contributed by atoms with Gasteiger partial charge in [0, 0.05) is 16.1 Å². The Bertz CT molecular complexity index is 551. The number of hydrogen-bond donors (Lipinski definition) is 2. The summed E-state index contributed by atoms with van der Waals surface area (Å²) in [5.41, 5.74) is -0.0212. The van der Waals surface area contributed by atoms with Gasteiger partial charge in [0.2, 0.25) is 0 Å². The van der Waals surface area contributed by atoms with Crippen molar-refractivity contribution in [2.75, 3.05) is 0 Å². The smallest absolute Gasteiger partial charge is 0.256 e. The molecule has 1 aliphatic heterocycles. The molecule has 0 aliphatic carbocycles. The Labute approximate surface area is 116 Å². The predicted octanol–water partition coefficient (Wildman–Crippen LogP) is 2.39. The third-order valence-corrected chi connectivity index (χ3v) is 2.73. The van der Waals surface area contributed by atoms with Crippen LogP contribution in [0.25, 0.3) is 0 Å². The van der Waals surface area contributed by atoms with Gasteiger partial charge in [-0.1, -0.05) is 17.7 Å². The van der Waals surface area contributed by atoms with Crippen LogP contribution in [0.1, 0.15) is 32.4 Å². The van der Waals surface area contributed by atoms with Gasteiger partial charge in [-0.25, -0.2) is 9.38 Å². The van der Waals surface area contributed by atoms with Crippen molar-refractivity contribution in [1.29, 1.82) is 0 Å². The molecule has 1 unspecified atom stereocenters. The van der Waals surface area contributed by atoms with E-state index in [1.54, 1.807) is 0 Å². The van der Waals surface area contributed by atoms with Gasteiger partial charge in [0.05, 0.1) is 0 Å². The molecule has 19 heavy (non-hydrogen) atoms. The zero-order chi connectivity index (χ0) is 14.2. The molecular formula is C13H15ClFN3O. The Hall–Kier alpha value is -1.62. The first-order valence-electron chi connectivity index (χ1n) is 5.88. The maximum absolute atomic E-state index is 13.8. The Balaban J connectivity index is 2.27. The summed E-state index contributed by atoms with van der Waals surface area (Å²) in [6, 6.07) is 3.32. The lowest BCUT2D eigenvalue weighted by Crippen LogP contribution is -2.46. The highest BCUT2D eigenvalue weighted by atomic mass is 35.5. The van der Waals surface area contributed by atoms with Gasteiger partial charge in [0.1, 0.15) is 5.82 Å². The van der Waals surface area contributed by atoms with E-state index in [2.05, 4.69) is 15.6 Å². The molecule has 102 valence electrons. The molecule has 1 aromatic rings. The van der Waals surface area contributed by atoms with Crippen LogP contribution in [0.2, 0.25) is 5.02 Å². The quantitative estimate of drug-likeness (QED) is 0.831. The molecule has 6 heteroatoms. The normalized spacial score (nSPS) is 19.1. The number of rotatable bonds is 1. The maximum atomic E-state index is 13.8. The summed E-state index contributed by atoms with van der Waals surface area (Å²) >= 11 is 5.69. The largest absolute Gasteiger partial charge is 0.351 e. The summed E-state index contributed by atoms with van der Waals surface area (Å²) in [6.07, 6.45) is 0. The van der Waals surface area contributed by atoms with Crippen molar-refractivity contribution in [2.24, 2.45) is 4.99 Å². The number of nitrogens with zero attached hydrogens (tertiary/aromatic N) is 1. The molecule has 0 saturated carbocycles. The Kier molecular flexibility index (Phi) is 3.49. The number of halogens is 2. The molecule has 0 bridgehead atoms. The summed E-state index contributed by atoms with van der Waals surface area (Å²) in [4.78, 5) is 16.0. The van der Waals surface area contributed by atoms with E-state index in [4.69, 9.17) is 11.6 Å². The van der Waals surface area contributed by atoms with E-state index in [1.165, 1.54) is 18.2 Å². The Morgan fingerprint density at radius 1 is 1.42 bits per heavy atom. The van der Waals surface area contributed by atoms with Gasteiger partial charge in [-0.2, -0.15) is 0 Å². The first-order valence-corrected chi connectivity index (χ1v) is 6.26. The lowest BCUT2D eigenvalue weighted by molar-refractivity contribution is -0.120. The highest BCUT2D eigenvalue weighted by Crippen LogP contribution is 2.26. The monoisotopic (exact) mass is 283 g/mol. The number of carbonyl (C=O) groups is 1. The van der Waals surface area contributed by atoms with Gasteiger partial charge in [0.25, 0.3) is 5.91 Å². The zero-order valence-electron chi connectivity index (χ0n) is 10.9. The van der Waals surface area contributed by atoms with Crippen LogP contribution in [0.15, 0.2) is 23.2 Å². The molecule has 4 nitrogen and oxygen atoms in total. The number of benzene rings is 1. The van der Waals surface area contributed by atoms with E-state index in [-0.39, 0.29) is 22.0 Å². The minimum absolute atomic E-state index is 0.215. The van der Waals surface area contributed by atoms with Crippen LogP contribution < -0.4 is 10.6 Å². The first kappa shape index (κ1) is 13.8. The molecular weight excluding hydrogens is 269 g/mol. The molecule has 0 fully saturated rings. The van der Waals surface area contributed by atoms with Crippen molar-refractivity contribution in [2.45, 2.75) is 32.4 Å². The van der Waals surface area contributed by atoms with Gasteiger partial charge >= 0.3 is 0 Å². The van der Waals surface area contributed by atoms with E-state index in [9.17, 15) is 9.18 Å². The minimum Gasteiger partial charge on any atom is -0.351 e. The van der Waals surface area contributed by atoms with Crippen molar-refractivity contribution < 1.29 is 9.18 Å². The Morgan fingerprint density at radius 2 is 2.11 bits per heavy atom. The van der Waals surface area contributed by atoms with Crippen molar-refractivity contribution in [3.63, 3.8) is 0 Å². The topological polar surface area (TPSA) is 53.5 Å². The molecule has 2 N–H and O–H groups in total. The lowest BCUT2D eigenvalue weighted by Gasteiger charge is -2.21. The fraction of sp³-hybridized carbons (Fsp3) is 0.385. The van der Waals surface area contributed by atoms with Crippen LogP contribution in [0.5, 0.6) is 0 Å². The average molecular weight is 284 g/mol. The zero-order valence-corrected chi connectivity index (χ0v) is 11.7. The second-order valence-corrected chi connectivity index (χ2v) is 5.85. The molecule has 1 heterocycles. The third kappa shape index (κ3) is 3.23. The average Bonchev–Trinajstić information content (AvgIpc) is 2.56. The summed E-state index contributed by atoms with van der Waals surface area (Å²) < 4.78 is 13.8. The summed E-state index contributed by atoms with van der Waals surface area (Å²) in [6.45, 7) is 5.83. The fourth-order valence-electron chi connectivity index (χ4n) is 1.76. The second kappa shape index (κ2) is 4.81. The van der Waals surface area contributed by atoms with Crippen molar-refractivity contribution in [1.82, 2.24) is 10.6 Å². The minimum atomic E-state index is -0.873. The van der Waals surface area contributed by atoms with E-state index in [0.29, 0.717) is 5.96 Å². The fourth-order valence-corrected chi connectivity index (χ4v) is 1.92. The van der Waals surface area contributed by atoms with Crippen LogP contribution in [-0.2, 0) is 4.79 Å². The predicted molar refractivity (Wildman–Crippen MR) is 72.6 cm³/mol. The molecule has 2 rings (SSSR count). The number of hydrogen-bond acceptors (Lipinski definition) is 3. The van der Waals surface area contributed by atoms with Crippen LogP contribution in [0.3, 0.4) is 0 Å². The summed E-state index contributed by atoms with van der Waals surface area (Å²) in [5, 5.41) is 5.94. The maximum Gasteiger partial charge on any atom is 0.256 e. The molecule has 1 amide bonds. The standard InChI is InChI=1S/C13H15ClFN3O/c1-13(2,3)18-12-16-10(11(19)17-12)8-5-4-7(14)6-9(8)15/h4-6,10H,1-3H3,(H2,16,17,18,19). The first-order chi connectivity index (χ1) is 8.76. The molecule has 0 radical (unpaired) electrons. The molecule has 0 spiro atoms. The third-order valence-electron chi connectivity index (χ3n) is 2.50. The van der Waals surface area contributed by atoms with E-state index < -0.39 is 11.9 Å². The van der Waals surface area contributed by atoms with Crippen LogP contribution in [0, 0.1) is 5.82 Å². The van der Waals surface area contributed by atoms with Gasteiger partial charge in [0.15, 0.2) is 12.0 Å². The van der Waals surface area contributed by atoms with Gasteiger partial charge < -0.3 is 5.32 Å². The summed E-state index contributed by atoms with van der Waals surface area (Å²) in [7, 11) is 0. The highest BCUT2D eigenvalue weighted by Gasteiger charge is 2.31. The SMILES string of the molecule is CC(C)(C)NC1=NC(c2ccc(Cl)cc2F)C(=O)N1. The van der Waals surface area contributed by atoms with Crippen LogP contribution >= 0.6 is 11.6 Å². The van der Waals surface area contributed by atoms with E-state index >= 15 is 0 Å². The van der Waals surface area contributed by atoms with Gasteiger partial charge in [-0.05, 0) is 32.9 Å². The van der Waals surface area contributed by atoms with Crippen molar-refractivity contribution in [3.8, 4) is 0 Å². The second-order valence-electron chi connectivity index (χ2n) is 5.41. The number of amides is 1. The molecule has 1 aromatic carbocycles. The number of nitrogens with one attached hydrogen (secondary N) is 2. The molecule has 1 aliphatic rings. The number of aliphatic imine (C=N–C) groups is 1. The van der Waals surface area contributed by atoms with Crippen LogP contribution in [-0.4, -0.2) is 17.4 Å². The summed E-state index contributed by atoms with van der Waals surface area (Å²) in [5.74, 6) is -0.529. The molecule has 1 atom stereocenters. The van der Waals surface area contributed by atoms with Crippen molar-refractivity contribution >= 4 is 23.5 Å². The van der Waals surface area contributed by atoms with E-state index in [1.807, 2.05) is 20.8 Å². The van der Waals surface area contributed by atoms with Gasteiger partial charge in [-0.3, -0.25) is 10.1 Å². The number of carbonyl (C=O) groups excluding carboxylic acids is 1. The lowest BCUT2D eigenvalue weighted by atomic mass is 10.1. The van der Waals surface area contributed by atoms with Crippen molar-refractivity contribution in [3.05, 3.63) is 34.6 Å². The molecule has 0 aromatic heterocycles. The van der Waals surface area contributed by atoms with Gasteiger partial charge in [-0.15, -0.1) is 0 Å². The number of guanidine groups is 1. The van der Waals surface area contributed by atoms with E-state index in [0.717, 1.165) is 0 Å². The molecule has 0 saturated heterocycles. The Morgan fingerprint density at radius 3 is 2.68 bits per heavy atom. The van der Waals surface area contributed by atoms with Crippen LogP contribution in [0.4, 0.5) is 4.39 Å². The highest BCUT2D eigenvalue weighted by molar-refractivity contribution is 6.30.